The van der Waals surface area contributed by atoms with Crippen molar-refractivity contribution < 1.29 is 19.1 Å². The van der Waals surface area contributed by atoms with Crippen LogP contribution in [0.5, 0.6) is 0 Å². The van der Waals surface area contributed by atoms with E-state index in [0.717, 1.165) is 116 Å². The number of fused-ring (bicyclic) bond motifs is 10. The van der Waals surface area contributed by atoms with E-state index in [1.54, 1.807) is 11.1 Å². The molecule has 0 amide bonds. The zero-order valence-corrected chi connectivity index (χ0v) is 58.4. The van der Waals surface area contributed by atoms with Crippen LogP contribution < -0.4 is 0 Å². The van der Waals surface area contributed by atoms with Crippen LogP contribution >= 0.6 is 0 Å². The minimum Gasteiger partial charge on any atom is -0.462 e. The minimum atomic E-state index is 0.0522. The summed E-state index contributed by atoms with van der Waals surface area (Å²) in [6.07, 6.45) is 64.8. The highest BCUT2D eigenvalue weighted by Gasteiger charge is 2.61. The molecule has 8 aliphatic rings. The molecular formula is C81H140O4. The van der Waals surface area contributed by atoms with E-state index in [4.69, 9.17) is 9.47 Å². The predicted molar refractivity (Wildman–Crippen MR) is 363 cm³/mol. The first-order chi connectivity index (χ1) is 40.9. The van der Waals surface area contributed by atoms with Gasteiger partial charge in [-0.1, -0.05) is 241 Å². The molecule has 4 nitrogen and oxygen atoms in total. The Morgan fingerprint density at radius 3 is 1.21 bits per heavy atom. The summed E-state index contributed by atoms with van der Waals surface area (Å²) in [6, 6.07) is 0. The summed E-state index contributed by atoms with van der Waals surface area (Å²) >= 11 is 0. The fraction of sp³-hybridized carbons (Fsp3) is 0.901. The first-order valence-electron chi connectivity index (χ1n) is 38.3. The normalized spacial score (nSPS) is 34.7. The Kier molecular flexibility index (Phi) is 28.7. The highest BCUT2D eigenvalue weighted by molar-refractivity contribution is 5.70. The van der Waals surface area contributed by atoms with Gasteiger partial charge < -0.3 is 9.47 Å². The third-order valence-electron chi connectivity index (χ3n) is 26.5. The van der Waals surface area contributed by atoms with Crippen LogP contribution in [0.3, 0.4) is 0 Å². The maximum absolute atomic E-state index is 12.8. The van der Waals surface area contributed by atoms with E-state index in [-0.39, 0.29) is 24.1 Å². The number of hydrogen-bond acceptors (Lipinski definition) is 4. The van der Waals surface area contributed by atoms with Crippen LogP contribution in [-0.2, 0) is 19.1 Å². The van der Waals surface area contributed by atoms with Gasteiger partial charge in [0.1, 0.15) is 12.2 Å². The number of rotatable bonds is 34. The van der Waals surface area contributed by atoms with E-state index in [0.29, 0.717) is 34.5 Å². The predicted octanol–water partition coefficient (Wildman–Crippen LogP) is 24.7. The summed E-state index contributed by atoms with van der Waals surface area (Å²) in [5.41, 5.74) is 5.07. The van der Waals surface area contributed by atoms with E-state index in [1.165, 1.54) is 218 Å². The highest BCUT2D eigenvalue weighted by atomic mass is 16.5. The smallest absolute Gasteiger partial charge is 0.306 e. The molecule has 0 radical (unpaired) electrons. The summed E-state index contributed by atoms with van der Waals surface area (Å²) in [5, 5.41) is 0. The second-order valence-electron chi connectivity index (χ2n) is 33.1. The molecule has 8 rings (SSSR count). The molecular weight excluding hydrogens is 1040 g/mol. The number of allylic oxidation sites excluding steroid dienone is 4. The van der Waals surface area contributed by atoms with Crippen LogP contribution in [0.4, 0.5) is 0 Å². The molecule has 85 heavy (non-hydrogen) atoms. The largest absolute Gasteiger partial charge is 0.462 e. The molecule has 0 heterocycles. The zero-order chi connectivity index (χ0) is 61.0. The van der Waals surface area contributed by atoms with Gasteiger partial charge in [0.2, 0.25) is 0 Å². The Morgan fingerprint density at radius 2 is 0.824 bits per heavy atom. The fourth-order valence-corrected chi connectivity index (χ4v) is 21.4. The zero-order valence-electron chi connectivity index (χ0n) is 58.4. The van der Waals surface area contributed by atoms with Crippen molar-refractivity contribution in [2.45, 2.75) is 371 Å². The molecule has 8 aliphatic carbocycles. The van der Waals surface area contributed by atoms with Crippen LogP contribution in [0.15, 0.2) is 35.5 Å². The summed E-state index contributed by atoms with van der Waals surface area (Å²) in [5.74, 6) is 10.7. The Balaban J connectivity index is 0.000000249. The Morgan fingerprint density at radius 1 is 0.447 bits per heavy atom. The highest BCUT2D eigenvalue weighted by Crippen LogP contribution is 2.69. The van der Waals surface area contributed by atoms with Crippen molar-refractivity contribution in [1.29, 1.82) is 0 Å². The van der Waals surface area contributed by atoms with Crippen molar-refractivity contribution in [3.63, 3.8) is 0 Å². The molecule has 0 spiro atoms. The van der Waals surface area contributed by atoms with Gasteiger partial charge in [0.25, 0.3) is 0 Å². The molecule has 0 saturated heterocycles. The van der Waals surface area contributed by atoms with Gasteiger partial charge in [-0.05, 0) is 221 Å². The van der Waals surface area contributed by atoms with Gasteiger partial charge in [0, 0.05) is 25.7 Å². The van der Waals surface area contributed by atoms with Gasteiger partial charge in [-0.25, -0.2) is 0 Å². The monoisotopic (exact) mass is 1180 g/mol. The number of carbonyl (C=O) groups is 2. The number of ether oxygens (including phenoxy) is 2. The van der Waals surface area contributed by atoms with E-state index in [2.05, 4.69) is 107 Å². The molecule has 0 N–H and O–H groups in total. The van der Waals surface area contributed by atoms with Crippen molar-refractivity contribution in [2.75, 3.05) is 0 Å². The number of esters is 2. The molecule has 0 aromatic rings. The van der Waals surface area contributed by atoms with Gasteiger partial charge >= 0.3 is 11.9 Å². The molecule has 4 heteroatoms. The Bertz CT molecular complexity index is 2060. The third-order valence-corrected chi connectivity index (χ3v) is 26.5. The van der Waals surface area contributed by atoms with Crippen molar-refractivity contribution in [2.24, 2.45) is 92.7 Å². The topological polar surface area (TPSA) is 52.6 Å². The SMILES string of the molecule is CCCCCCCC/C=C\CCCCCCCC(=O)OC1CC[C@@]2(C)C(=CCC3C2CC[C@@]2(C)C3CC[C@@H]2[C@H](C)CCCC(C)C)C1.CCCCCCCCC(=O)OC1CC[C@@]2(C)C(=CCC3C2CC[C@@]2(C)C3CC[C@@H]2[C@H](C)CCCC(C)C)C1. The Labute approximate surface area is 527 Å². The standard InChI is InChI=1S/C45H78O2.C36H62O2/c1-7-8-9-10-11-12-13-14-15-16-17-18-19-20-21-25-43(46)47-38-30-32-44(5)37(34-38)26-27-39-41-29-28-40(36(4)24-22-23-35(2)3)45(41,6)33-31-42(39)44;1-7-8-9-10-11-12-16-34(37)38-29-21-23-35(5)28(25-29)17-18-30-32-20-19-31(27(4)15-13-14-26(2)3)36(32,6)24-22-33(30)35/h14-15,26,35-36,38-42H,7-13,16-25,27-34H2,1-6H3;17,26-27,29-33H,7-16,18-25H2,1-6H3/b15-14-;/t36-,38?,39?,40-,41?,42?,44+,45-;27-,29?,30?,31-,32?,33?,35+,36-/m11/s1. The second-order valence-corrected chi connectivity index (χ2v) is 33.1. The van der Waals surface area contributed by atoms with Crippen molar-refractivity contribution in [1.82, 2.24) is 0 Å². The van der Waals surface area contributed by atoms with Crippen LogP contribution in [0.1, 0.15) is 359 Å². The van der Waals surface area contributed by atoms with E-state index >= 15 is 0 Å². The summed E-state index contributed by atoms with van der Waals surface area (Å²) in [6.45, 7) is 29.8. The number of unbranched alkanes of at least 4 members (excludes halogenated alkanes) is 16. The lowest BCUT2D eigenvalue weighted by Gasteiger charge is -2.58. The van der Waals surface area contributed by atoms with E-state index in [1.807, 2.05) is 0 Å². The average Bonchev–Trinajstić information content (AvgIpc) is 1.90. The molecule has 8 unspecified atom stereocenters. The molecule has 0 aliphatic heterocycles. The van der Waals surface area contributed by atoms with Gasteiger partial charge in [-0.3, -0.25) is 9.59 Å². The molecule has 0 aromatic heterocycles. The van der Waals surface area contributed by atoms with E-state index < -0.39 is 0 Å². The number of carbonyl (C=O) groups excluding carboxylic acids is 2. The van der Waals surface area contributed by atoms with Crippen molar-refractivity contribution >= 4 is 11.9 Å². The lowest BCUT2D eigenvalue weighted by atomic mass is 9.47. The van der Waals surface area contributed by atoms with Gasteiger partial charge in [0.05, 0.1) is 0 Å². The first-order valence-corrected chi connectivity index (χ1v) is 38.3. The lowest BCUT2D eigenvalue weighted by molar-refractivity contribution is -0.152. The fourth-order valence-electron chi connectivity index (χ4n) is 21.4. The quantitative estimate of drug-likeness (QED) is 0.0366. The molecule has 16 atom stereocenters. The van der Waals surface area contributed by atoms with Crippen LogP contribution in [0, 0.1) is 92.7 Å². The third kappa shape index (κ3) is 18.9. The van der Waals surface area contributed by atoms with Gasteiger partial charge in [0.15, 0.2) is 0 Å². The minimum absolute atomic E-state index is 0.0522. The van der Waals surface area contributed by atoms with E-state index in [9.17, 15) is 9.59 Å². The van der Waals surface area contributed by atoms with Crippen molar-refractivity contribution in [3.8, 4) is 0 Å². The first kappa shape index (κ1) is 70.6. The molecule has 6 saturated carbocycles. The Hall–Kier alpha value is -1.84. The van der Waals surface area contributed by atoms with Crippen LogP contribution in [-0.4, -0.2) is 24.1 Å². The molecule has 6 fully saturated rings. The maximum Gasteiger partial charge on any atom is 0.306 e. The molecule has 0 bridgehead atoms. The lowest BCUT2D eigenvalue weighted by Crippen LogP contribution is -2.51. The van der Waals surface area contributed by atoms with Gasteiger partial charge in [-0.2, -0.15) is 0 Å². The summed E-state index contributed by atoms with van der Waals surface area (Å²) in [4.78, 5) is 25.4. The van der Waals surface area contributed by atoms with Crippen molar-refractivity contribution in [3.05, 3.63) is 35.5 Å². The maximum atomic E-state index is 12.8. The van der Waals surface area contributed by atoms with Gasteiger partial charge in [-0.15, -0.1) is 0 Å². The average molecular weight is 1180 g/mol. The molecule has 488 valence electrons. The second kappa shape index (κ2) is 34.5. The molecule has 0 aromatic carbocycles. The number of hydrogen-bond donors (Lipinski definition) is 0. The summed E-state index contributed by atoms with van der Waals surface area (Å²) in [7, 11) is 0. The van der Waals surface area contributed by atoms with Crippen LogP contribution in [0.25, 0.3) is 0 Å². The van der Waals surface area contributed by atoms with Crippen LogP contribution in [0.2, 0.25) is 0 Å². The summed E-state index contributed by atoms with van der Waals surface area (Å²) < 4.78 is 12.2.